The monoisotopic (exact) mass is 344 g/mol. The van der Waals surface area contributed by atoms with Gasteiger partial charge in [-0.05, 0) is 30.3 Å². The minimum absolute atomic E-state index is 0.00482. The summed E-state index contributed by atoms with van der Waals surface area (Å²) in [5.41, 5.74) is 0.139. The Kier molecular flexibility index (Phi) is 3.82. The standard InChI is InChI=1S/C15H11ClF2O3S/c16-9-1-3-10(4-2-9)22(19,20)13-7-8-21-15-11(13)5-6-12(17)14(15)18/h1-6,13H,7-8H2. The van der Waals surface area contributed by atoms with Gasteiger partial charge in [0.15, 0.2) is 21.4 Å². The van der Waals surface area contributed by atoms with E-state index in [1.807, 2.05) is 0 Å². The molecule has 0 aromatic heterocycles. The quantitative estimate of drug-likeness (QED) is 0.829. The SMILES string of the molecule is O=S(=O)(c1ccc(Cl)cc1)C1CCOc2c1ccc(F)c2F. The highest BCUT2D eigenvalue weighted by molar-refractivity contribution is 7.91. The lowest BCUT2D eigenvalue weighted by atomic mass is 10.1. The third kappa shape index (κ3) is 2.46. The van der Waals surface area contributed by atoms with E-state index in [9.17, 15) is 17.2 Å². The van der Waals surface area contributed by atoms with Crippen molar-refractivity contribution in [1.82, 2.24) is 0 Å². The van der Waals surface area contributed by atoms with Gasteiger partial charge >= 0.3 is 0 Å². The van der Waals surface area contributed by atoms with Crippen LogP contribution in [-0.4, -0.2) is 15.0 Å². The molecule has 22 heavy (non-hydrogen) atoms. The Hall–Kier alpha value is -1.66. The fourth-order valence-electron chi connectivity index (χ4n) is 2.48. The van der Waals surface area contributed by atoms with E-state index in [2.05, 4.69) is 0 Å². The second kappa shape index (κ2) is 5.52. The Bertz CT molecular complexity index is 819. The number of hydrogen-bond donors (Lipinski definition) is 0. The first kappa shape index (κ1) is 15.2. The molecule has 0 radical (unpaired) electrons. The smallest absolute Gasteiger partial charge is 0.200 e. The minimum atomic E-state index is -3.75. The Balaban J connectivity index is 2.11. The average molecular weight is 345 g/mol. The molecule has 1 atom stereocenters. The van der Waals surface area contributed by atoms with Gasteiger partial charge in [0, 0.05) is 17.0 Å². The molecule has 0 bridgehead atoms. The van der Waals surface area contributed by atoms with Crippen LogP contribution in [-0.2, 0) is 9.84 Å². The second-order valence-electron chi connectivity index (χ2n) is 4.90. The predicted molar refractivity (Wildman–Crippen MR) is 77.8 cm³/mol. The van der Waals surface area contributed by atoms with Gasteiger partial charge < -0.3 is 4.74 Å². The van der Waals surface area contributed by atoms with Gasteiger partial charge in [0.1, 0.15) is 0 Å². The summed E-state index contributed by atoms with van der Waals surface area (Å²) >= 11 is 5.76. The fourth-order valence-corrected chi connectivity index (χ4v) is 4.38. The number of sulfone groups is 1. The summed E-state index contributed by atoms with van der Waals surface area (Å²) < 4.78 is 57.7. The molecule has 2 aromatic rings. The average Bonchev–Trinajstić information content (AvgIpc) is 2.51. The number of halogens is 3. The number of fused-ring (bicyclic) bond motifs is 1. The van der Waals surface area contributed by atoms with Gasteiger partial charge in [0.2, 0.25) is 5.82 Å². The van der Waals surface area contributed by atoms with Crippen LogP contribution in [0.3, 0.4) is 0 Å². The predicted octanol–water partition coefficient (Wildman–Crippen LogP) is 3.92. The Morgan fingerprint density at radius 1 is 1.09 bits per heavy atom. The van der Waals surface area contributed by atoms with Crippen LogP contribution in [0.1, 0.15) is 17.2 Å². The van der Waals surface area contributed by atoms with Crippen molar-refractivity contribution < 1.29 is 21.9 Å². The van der Waals surface area contributed by atoms with Crippen LogP contribution in [0.5, 0.6) is 5.75 Å². The second-order valence-corrected chi connectivity index (χ2v) is 7.47. The van der Waals surface area contributed by atoms with Crippen molar-refractivity contribution in [1.29, 1.82) is 0 Å². The first-order valence-electron chi connectivity index (χ1n) is 6.51. The largest absolute Gasteiger partial charge is 0.490 e. The van der Waals surface area contributed by atoms with E-state index >= 15 is 0 Å². The topological polar surface area (TPSA) is 43.4 Å². The zero-order valence-electron chi connectivity index (χ0n) is 11.2. The molecule has 3 nitrogen and oxygen atoms in total. The summed E-state index contributed by atoms with van der Waals surface area (Å²) in [4.78, 5) is 0.0829. The summed E-state index contributed by atoms with van der Waals surface area (Å²) in [7, 11) is -3.75. The van der Waals surface area contributed by atoms with Crippen LogP contribution in [0.2, 0.25) is 5.02 Å². The zero-order chi connectivity index (χ0) is 15.9. The molecule has 116 valence electrons. The molecule has 3 rings (SSSR count). The normalized spacial score (nSPS) is 17.7. The lowest BCUT2D eigenvalue weighted by Crippen LogP contribution is -2.23. The summed E-state index contributed by atoms with van der Waals surface area (Å²) in [6.45, 7) is 0.00482. The third-order valence-electron chi connectivity index (χ3n) is 3.57. The Labute approximate surface area is 131 Å². The number of ether oxygens (including phenoxy) is 1. The van der Waals surface area contributed by atoms with Gasteiger partial charge in [-0.1, -0.05) is 17.7 Å². The van der Waals surface area contributed by atoms with Crippen molar-refractivity contribution in [3.8, 4) is 5.75 Å². The van der Waals surface area contributed by atoms with Crippen molar-refractivity contribution in [2.75, 3.05) is 6.61 Å². The van der Waals surface area contributed by atoms with Crippen molar-refractivity contribution in [3.63, 3.8) is 0 Å². The van der Waals surface area contributed by atoms with E-state index in [1.54, 1.807) is 0 Å². The van der Waals surface area contributed by atoms with Crippen molar-refractivity contribution in [3.05, 3.63) is 58.6 Å². The van der Waals surface area contributed by atoms with Crippen LogP contribution in [0.15, 0.2) is 41.3 Å². The Morgan fingerprint density at radius 3 is 2.45 bits per heavy atom. The maximum absolute atomic E-state index is 13.8. The first-order chi connectivity index (χ1) is 10.4. The lowest BCUT2D eigenvalue weighted by Gasteiger charge is -2.26. The van der Waals surface area contributed by atoms with Crippen molar-refractivity contribution in [2.45, 2.75) is 16.6 Å². The summed E-state index contributed by atoms with van der Waals surface area (Å²) in [5, 5.41) is -0.563. The molecule has 0 aliphatic carbocycles. The van der Waals surface area contributed by atoms with E-state index in [-0.39, 0.29) is 29.2 Å². The van der Waals surface area contributed by atoms with Crippen LogP contribution >= 0.6 is 11.6 Å². The van der Waals surface area contributed by atoms with Gasteiger partial charge in [0.05, 0.1) is 16.8 Å². The first-order valence-corrected chi connectivity index (χ1v) is 8.44. The molecule has 0 N–H and O–H groups in total. The zero-order valence-corrected chi connectivity index (χ0v) is 12.8. The highest BCUT2D eigenvalue weighted by atomic mass is 35.5. The molecule has 0 fully saturated rings. The number of hydrogen-bond acceptors (Lipinski definition) is 3. The summed E-state index contributed by atoms with van der Waals surface area (Å²) in [5.74, 6) is -2.55. The van der Waals surface area contributed by atoms with Crippen molar-refractivity contribution in [2.24, 2.45) is 0 Å². The van der Waals surface area contributed by atoms with Gasteiger partial charge in [-0.2, -0.15) is 4.39 Å². The van der Waals surface area contributed by atoms with Gasteiger partial charge in [-0.25, -0.2) is 12.8 Å². The van der Waals surface area contributed by atoms with Crippen LogP contribution < -0.4 is 4.74 Å². The van der Waals surface area contributed by atoms with Crippen molar-refractivity contribution >= 4 is 21.4 Å². The highest BCUT2D eigenvalue weighted by Crippen LogP contribution is 2.41. The molecular formula is C15H11ClF2O3S. The molecule has 1 aliphatic rings. The van der Waals surface area contributed by atoms with Gasteiger partial charge in [-0.15, -0.1) is 0 Å². The fraction of sp³-hybridized carbons (Fsp3) is 0.200. The summed E-state index contributed by atoms with van der Waals surface area (Å²) in [6, 6.07) is 7.90. The molecule has 1 heterocycles. The van der Waals surface area contributed by atoms with Gasteiger partial charge in [0.25, 0.3) is 0 Å². The third-order valence-corrected chi connectivity index (χ3v) is 5.99. The minimum Gasteiger partial charge on any atom is -0.490 e. The van der Waals surface area contributed by atoms with Crippen LogP contribution in [0.4, 0.5) is 8.78 Å². The van der Waals surface area contributed by atoms with E-state index in [1.165, 1.54) is 30.3 Å². The molecule has 7 heteroatoms. The number of rotatable bonds is 2. The van der Waals surface area contributed by atoms with Crippen LogP contribution in [0, 0.1) is 11.6 Å². The molecule has 0 amide bonds. The van der Waals surface area contributed by atoms with E-state index in [0.29, 0.717) is 5.02 Å². The van der Waals surface area contributed by atoms with E-state index in [4.69, 9.17) is 16.3 Å². The number of benzene rings is 2. The van der Waals surface area contributed by atoms with E-state index in [0.717, 1.165) is 6.07 Å². The molecule has 1 unspecified atom stereocenters. The lowest BCUT2D eigenvalue weighted by molar-refractivity contribution is 0.264. The molecule has 0 saturated carbocycles. The maximum Gasteiger partial charge on any atom is 0.200 e. The molecule has 0 saturated heterocycles. The Morgan fingerprint density at radius 2 is 1.77 bits per heavy atom. The molecule has 0 spiro atoms. The van der Waals surface area contributed by atoms with E-state index < -0.39 is 26.7 Å². The maximum atomic E-state index is 13.8. The summed E-state index contributed by atoms with van der Waals surface area (Å²) in [6.07, 6.45) is 0.170. The molecule has 1 aliphatic heterocycles. The molecular weight excluding hydrogens is 334 g/mol. The van der Waals surface area contributed by atoms with Crippen LogP contribution in [0.25, 0.3) is 0 Å². The van der Waals surface area contributed by atoms with Gasteiger partial charge in [-0.3, -0.25) is 0 Å². The molecule has 2 aromatic carbocycles. The highest BCUT2D eigenvalue weighted by Gasteiger charge is 2.36.